The first-order valence-corrected chi connectivity index (χ1v) is 10.5. The van der Waals surface area contributed by atoms with E-state index in [1.165, 1.54) is 49.6 Å². The zero-order valence-electron chi connectivity index (χ0n) is 16.5. The second kappa shape index (κ2) is 9.60. The lowest BCUT2D eigenvalue weighted by Crippen LogP contribution is -2.16. The number of methoxy groups -OCH3 is 1. The Morgan fingerprint density at radius 3 is 2.31 bits per heavy atom. The van der Waals surface area contributed by atoms with E-state index >= 15 is 0 Å². The van der Waals surface area contributed by atoms with E-state index in [0.717, 1.165) is 24.3 Å². The van der Waals surface area contributed by atoms with Crippen molar-refractivity contribution in [2.45, 2.75) is 11.5 Å². The predicted molar refractivity (Wildman–Crippen MR) is 111 cm³/mol. The zero-order valence-corrected chi connectivity index (χ0v) is 17.3. The van der Waals surface area contributed by atoms with E-state index in [2.05, 4.69) is 14.8 Å². The minimum atomic E-state index is -4.09. The molecule has 3 aromatic rings. The molecule has 0 saturated carbocycles. The number of sulfonamides is 1. The molecule has 0 aromatic heterocycles. The van der Waals surface area contributed by atoms with Gasteiger partial charge in [-0.15, -0.1) is 0 Å². The number of anilines is 2. The molecule has 0 heterocycles. The van der Waals surface area contributed by atoms with Gasteiger partial charge in [0, 0.05) is 5.69 Å². The molecule has 168 valence electrons. The van der Waals surface area contributed by atoms with Crippen molar-refractivity contribution in [3.63, 3.8) is 0 Å². The molecule has 3 aromatic carbocycles. The quantitative estimate of drug-likeness (QED) is 0.510. The van der Waals surface area contributed by atoms with Gasteiger partial charge in [0.2, 0.25) is 0 Å². The number of halogens is 3. The summed E-state index contributed by atoms with van der Waals surface area (Å²) in [5.74, 6) is -1.51. The van der Waals surface area contributed by atoms with Crippen molar-refractivity contribution >= 4 is 27.3 Å². The van der Waals surface area contributed by atoms with Gasteiger partial charge in [-0.3, -0.25) is 9.52 Å². The summed E-state index contributed by atoms with van der Waals surface area (Å²) in [6.45, 7) is -3.11. The van der Waals surface area contributed by atoms with Gasteiger partial charge in [0.1, 0.15) is 17.3 Å². The molecule has 7 nitrogen and oxygen atoms in total. The van der Waals surface area contributed by atoms with Gasteiger partial charge < -0.3 is 14.8 Å². The Morgan fingerprint density at radius 2 is 1.66 bits per heavy atom. The number of benzene rings is 3. The molecule has 1 amide bonds. The first-order valence-electron chi connectivity index (χ1n) is 9.01. The minimum absolute atomic E-state index is 0.00765. The van der Waals surface area contributed by atoms with E-state index in [1.54, 1.807) is 0 Å². The number of carbonyl (C=O) groups is 1. The summed E-state index contributed by atoms with van der Waals surface area (Å²) in [6, 6.07) is 13.7. The van der Waals surface area contributed by atoms with Gasteiger partial charge in [-0.2, -0.15) is 8.78 Å². The number of ether oxygens (including phenoxy) is 2. The maximum atomic E-state index is 13.1. The molecule has 0 bridgehead atoms. The van der Waals surface area contributed by atoms with Crippen molar-refractivity contribution in [3.05, 3.63) is 78.1 Å². The molecular weight excluding hydrogens is 449 g/mol. The third-order valence-corrected chi connectivity index (χ3v) is 5.55. The van der Waals surface area contributed by atoms with Crippen LogP contribution in [0.2, 0.25) is 0 Å². The number of rotatable bonds is 8. The molecule has 0 spiro atoms. The van der Waals surface area contributed by atoms with Crippen LogP contribution in [0, 0.1) is 5.82 Å². The summed E-state index contributed by atoms with van der Waals surface area (Å²) < 4.78 is 75.4. The second-order valence-corrected chi connectivity index (χ2v) is 7.99. The van der Waals surface area contributed by atoms with Gasteiger partial charge in [0.15, 0.2) is 0 Å². The summed E-state index contributed by atoms with van der Waals surface area (Å²) in [7, 11) is -2.77. The number of carbonyl (C=O) groups excluding carboxylic acids is 1. The van der Waals surface area contributed by atoms with Crippen LogP contribution in [-0.4, -0.2) is 28.0 Å². The van der Waals surface area contributed by atoms with Crippen LogP contribution in [-0.2, 0) is 10.0 Å². The maximum Gasteiger partial charge on any atom is 0.387 e. The van der Waals surface area contributed by atoms with Crippen molar-refractivity contribution in [3.8, 4) is 11.5 Å². The maximum absolute atomic E-state index is 13.1. The fourth-order valence-electron chi connectivity index (χ4n) is 2.73. The third-order valence-electron chi connectivity index (χ3n) is 4.17. The average Bonchev–Trinajstić information content (AvgIpc) is 2.74. The largest absolute Gasteiger partial charge is 0.495 e. The highest BCUT2D eigenvalue weighted by Gasteiger charge is 2.19. The summed E-state index contributed by atoms with van der Waals surface area (Å²) in [4.78, 5) is 12.4. The Labute approximate surface area is 181 Å². The molecule has 3 rings (SSSR count). The Kier molecular flexibility index (Phi) is 6.89. The van der Waals surface area contributed by atoms with Crippen LogP contribution >= 0.6 is 0 Å². The average molecular weight is 466 g/mol. The van der Waals surface area contributed by atoms with E-state index in [1.807, 2.05) is 0 Å². The van der Waals surface area contributed by atoms with Crippen molar-refractivity contribution in [1.82, 2.24) is 0 Å². The van der Waals surface area contributed by atoms with Crippen LogP contribution in [0.5, 0.6) is 11.5 Å². The van der Waals surface area contributed by atoms with Crippen LogP contribution in [0.15, 0.2) is 71.6 Å². The van der Waals surface area contributed by atoms with E-state index < -0.39 is 28.4 Å². The molecule has 11 heteroatoms. The second-order valence-electron chi connectivity index (χ2n) is 6.30. The van der Waals surface area contributed by atoms with Crippen LogP contribution in [0.25, 0.3) is 0 Å². The van der Waals surface area contributed by atoms with E-state index in [0.29, 0.717) is 0 Å². The fourth-order valence-corrected chi connectivity index (χ4v) is 3.80. The third kappa shape index (κ3) is 5.49. The Bertz CT molecular complexity index is 1220. The number of amides is 1. The lowest BCUT2D eigenvalue weighted by molar-refractivity contribution is -0.0501. The lowest BCUT2D eigenvalue weighted by atomic mass is 10.1. The number of hydrogen-bond acceptors (Lipinski definition) is 5. The van der Waals surface area contributed by atoms with E-state index in [9.17, 15) is 26.4 Å². The highest BCUT2D eigenvalue weighted by Crippen LogP contribution is 2.31. The molecular formula is C21H17F3N2O5S. The van der Waals surface area contributed by atoms with Crippen molar-refractivity contribution < 1.29 is 35.9 Å². The van der Waals surface area contributed by atoms with Gasteiger partial charge in [-0.25, -0.2) is 12.8 Å². The Balaban J connectivity index is 1.87. The van der Waals surface area contributed by atoms with Crippen molar-refractivity contribution in [2.75, 3.05) is 17.1 Å². The number of para-hydroxylation sites is 1. The molecule has 0 saturated heterocycles. The van der Waals surface area contributed by atoms with Crippen LogP contribution in [0.3, 0.4) is 0 Å². The monoisotopic (exact) mass is 466 g/mol. The first kappa shape index (κ1) is 22.9. The Hall–Kier alpha value is -3.73. The summed E-state index contributed by atoms with van der Waals surface area (Å²) in [5.41, 5.74) is 0.00302. The molecule has 0 aliphatic carbocycles. The Morgan fingerprint density at radius 1 is 0.969 bits per heavy atom. The van der Waals surface area contributed by atoms with Gasteiger partial charge in [-0.1, -0.05) is 12.1 Å². The topological polar surface area (TPSA) is 93.7 Å². The van der Waals surface area contributed by atoms with E-state index in [4.69, 9.17) is 4.74 Å². The smallest absolute Gasteiger partial charge is 0.387 e. The highest BCUT2D eigenvalue weighted by molar-refractivity contribution is 7.92. The molecule has 2 N–H and O–H groups in total. The molecule has 0 aliphatic heterocycles. The number of alkyl halides is 2. The summed E-state index contributed by atoms with van der Waals surface area (Å²) >= 11 is 0. The van der Waals surface area contributed by atoms with Gasteiger partial charge in [-0.05, 0) is 54.6 Å². The van der Waals surface area contributed by atoms with Crippen molar-refractivity contribution in [1.29, 1.82) is 0 Å². The summed E-state index contributed by atoms with van der Waals surface area (Å²) in [6.07, 6.45) is 0. The molecule has 32 heavy (non-hydrogen) atoms. The minimum Gasteiger partial charge on any atom is -0.495 e. The van der Waals surface area contributed by atoms with Crippen LogP contribution in [0.4, 0.5) is 24.5 Å². The predicted octanol–water partition coefficient (Wildman–Crippen LogP) is 4.49. The van der Waals surface area contributed by atoms with Gasteiger partial charge in [0.05, 0.1) is 23.3 Å². The number of hydrogen-bond donors (Lipinski definition) is 2. The van der Waals surface area contributed by atoms with Gasteiger partial charge >= 0.3 is 6.61 Å². The summed E-state index contributed by atoms with van der Waals surface area (Å²) in [5, 5.41) is 2.49. The standard InChI is InChI=1S/C21H17F3N2O5S/c1-30-19-11-8-14(25-20(27)16-4-2-3-5-18(16)31-21(23)24)12-17(19)26-32(28,29)15-9-6-13(22)7-10-15/h2-12,21,26H,1H3,(H,25,27). The first-order chi connectivity index (χ1) is 15.2. The molecule has 0 unspecified atom stereocenters. The van der Waals surface area contributed by atoms with Crippen LogP contribution in [0.1, 0.15) is 10.4 Å². The molecule has 0 fully saturated rings. The van der Waals surface area contributed by atoms with Crippen LogP contribution < -0.4 is 19.5 Å². The zero-order chi connectivity index (χ0) is 23.3. The normalized spacial score (nSPS) is 11.2. The fraction of sp³-hybridized carbons (Fsp3) is 0.0952. The van der Waals surface area contributed by atoms with Crippen molar-refractivity contribution in [2.24, 2.45) is 0 Å². The SMILES string of the molecule is COc1ccc(NC(=O)c2ccccc2OC(F)F)cc1NS(=O)(=O)c1ccc(F)cc1. The molecule has 0 radical (unpaired) electrons. The molecule has 0 atom stereocenters. The molecule has 0 aliphatic rings. The highest BCUT2D eigenvalue weighted by atomic mass is 32.2. The van der Waals surface area contributed by atoms with Gasteiger partial charge in [0.25, 0.3) is 15.9 Å². The van der Waals surface area contributed by atoms with E-state index in [-0.39, 0.29) is 33.3 Å². The lowest BCUT2D eigenvalue weighted by Gasteiger charge is -2.15. The number of nitrogens with one attached hydrogen (secondary N) is 2.